The fourth-order valence-corrected chi connectivity index (χ4v) is 7.16. The number of pyridine rings is 1. The minimum Gasteiger partial charge on any atom is -0.256 e. The fourth-order valence-electron chi connectivity index (χ4n) is 7.16. The Labute approximate surface area is 279 Å². The summed E-state index contributed by atoms with van der Waals surface area (Å²) in [6, 6.07) is 58.0. The van der Waals surface area contributed by atoms with Gasteiger partial charge in [0.25, 0.3) is 0 Å². The number of nitrogens with zero attached hydrogens (tertiary/aromatic N) is 2. The summed E-state index contributed by atoms with van der Waals surface area (Å²) in [6.07, 6.45) is 1.90. The number of hydrogen-bond donors (Lipinski definition) is 0. The van der Waals surface area contributed by atoms with E-state index in [4.69, 9.17) is 11.6 Å². The van der Waals surface area contributed by atoms with Gasteiger partial charge in [-0.25, -0.2) is 4.85 Å². The van der Waals surface area contributed by atoms with E-state index in [0.717, 1.165) is 60.6 Å². The van der Waals surface area contributed by atoms with Gasteiger partial charge in [0, 0.05) is 11.8 Å². The first kappa shape index (κ1) is 27.7. The van der Waals surface area contributed by atoms with Crippen LogP contribution in [0.1, 0.15) is 0 Å². The highest BCUT2D eigenvalue weighted by Gasteiger charge is 2.19. The molecule has 0 aliphatic rings. The maximum Gasteiger partial charge on any atom is 0.187 e. The minimum atomic E-state index is 0.631. The Kier molecular flexibility index (Phi) is 6.56. The third-order valence-electron chi connectivity index (χ3n) is 9.47. The molecular formula is C46H28N2. The largest absolute Gasteiger partial charge is 0.256 e. The number of fused-ring (bicyclic) bond motifs is 4. The lowest BCUT2D eigenvalue weighted by Gasteiger charge is -2.19. The molecule has 0 saturated carbocycles. The third-order valence-corrected chi connectivity index (χ3v) is 9.47. The molecule has 0 aliphatic heterocycles. The summed E-state index contributed by atoms with van der Waals surface area (Å²) in [4.78, 5) is 8.71. The van der Waals surface area contributed by atoms with Crippen LogP contribution in [0.4, 0.5) is 5.69 Å². The molecule has 9 aromatic rings. The van der Waals surface area contributed by atoms with Crippen molar-refractivity contribution >= 4 is 48.8 Å². The van der Waals surface area contributed by atoms with Gasteiger partial charge >= 0.3 is 0 Å². The molecule has 2 heteroatoms. The molecule has 222 valence electrons. The average molecular weight is 609 g/mol. The zero-order chi connectivity index (χ0) is 32.0. The van der Waals surface area contributed by atoms with Crippen LogP contribution in [-0.4, -0.2) is 4.98 Å². The Morgan fingerprint density at radius 2 is 0.938 bits per heavy atom. The lowest BCUT2D eigenvalue weighted by Crippen LogP contribution is -1.93. The molecule has 0 bridgehead atoms. The van der Waals surface area contributed by atoms with E-state index in [0.29, 0.717) is 5.69 Å². The molecular weight excluding hydrogens is 581 g/mol. The predicted octanol–water partition coefficient (Wildman–Crippen LogP) is 12.9. The van der Waals surface area contributed by atoms with Gasteiger partial charge in [-0.05, 0) is 113 Å². The number of rotatable bonds is 4. The van der Waals surface area contributed by atoms with Crippen LogP contribution in [-0.2, 0) is 0 Å². The molecule has 2 nitrogen and oxygen atoms in total. The Hall–Kier alpha value is -6.56. The lowest BCUT2D eigenvalue weighted by atomic mass is 9.84. The van der Waals surface area contributed by atoms with Gasteiger partial charge in [0.1, 0.15) is 0 Å². The van der Waals surface area contributed by atoms with Gasteiger partial charge in [-0.3, -0.25) is 4.98 Å². The van der Waals surface area contributed by atoms with E-state index in [1.165, 1.54) is 27.1 Å². The van der Waals surface area contributed by atoms with Gasteiger partial charge in [0.2, 0.25) is 0 Å². The number of aromatic nitrogens is 1. The Balaban J connectivity index is 1.38. The van der Waals surface area contributed by atoms with Crippen LogP contribution >= 0.6 is 0 Å². The van der Waals surface area contributed by atoms with E-state index in [-0.39, 0.29) is 0 Å². The molecule has 1 heterocycles. The molecule has 0 spiro atoms. The van der Waals surface area contributed by atoms with Gasteiger partial charge in [-0.15, -0.1) is 0 Å². The van der Waals surface area contributed by atoms with Crippen LogP contribution in [0.15, 0.2) is 170 Å². The minimum absolute atomic E-state index is 0.631. The SMILES string of the molecule is [C-]#[N+]c1ccc2c(-c3ccc4ccccc4c3)c3cc(-c4cc(-c5ccccc5)ccn4)ccc3c(-c3ccc4ccccc4c3)c2c1. The van der Waals surface area contributed by atoms with Crippen LogP contribution in [0, 0.1) is 6.57 Å². The predicted molar refractivity (Wildman–Crippen MR) is 202 cm³/mol. The molecule has 0 fully saturated rings. The van der Waals surface area contributed by atoms with E-state index in [1.54, 1.807) is 0 Å². The third kappa shape index (κ3) is 4.69. The monoisotopic (exact) mass is 608 g/mol. The molecule has 0 saturated heterocycles. The van der Waals surface area contributed by atoms with E-state index in [2.05, 4.69) is 157 Å². The molecule has 0 N–H and O–H groups in total. The summed E-state index contributed by atoms with van der Waals surface area (Å²) >= 11 is 0. The van der Waals surface area contributed by atoms with Crippen LogP contribution < -0.4 is 0 Å². The van der Waals surface area contributed by atoms with Crippen molar-refractivity contribution in [3.8, 4) is 44.6 Å². The van der Waals surface area contributed by atoms with E-state index in [1.807, 2.05) is 18.3 Å². The summed E-state index contributed by atoms with van der Waals surface area (Å²) < 4.78 is 0. The van der Waals surface area contributed by atoms with Gasteiger partial charge in [0.15, 0.2) is 5.69 Å². The van der Waals surface area contributed by atoms with Crippen LogP contribution in [0.5, 0.6) is 0 Å². The molecule has 1 aromatic heterocycles. The molecule has 0 amide bonds. The van der Waals surface area contributed by atoms with Crippen molar-refractivity contribution in [2.75, 3.05) is 0 Å². The first-order chi connectivity index (χ1) is 23.7. The number of benzene rings is 8. The highest BCUT2D eigenvalue weighted by atomic mass is 14.7. The second kappa shape index (κ2) is 11.4. The smallest absolute Gasteiger partial charge is 0.187 e. The Bertz CT molecular complexity index is 2730. The zero-order valence-corrected chi connectivity index (χ0v) is 26.1. The van der Waals surface area contributed by atoms with Gasteiger partial charge in [0.05, 0.1) is 12.3 Å². The quantitative estimate of drug-likeness (QED) is 0.143. The van der Waals surface area contributed by atoms with E-state index in [9.17, 15) is 0 Å². The summed E-state index contributed by atoms with van der Waals surface area (Å²) in [7, 11) is 0. The van der Waals surface area contributed by atoms with Gasteiger partial charge in [-0.2, -0.15) is 0 Å². The Morgan fingerprint density at radius 1 is 0.375 bits per heavy atom. The molecule has 0 unspecified atom stereocenters. The van der Waals surface area contributed by atoms with Crippen LogP contribution in [0.2, 0.25) is 0 Å². The van der Waals surface area contributed by atoms with E-state index >= 15 is 0 Å². The lowest BCUT2D eigenvalue weighted by molar-refractivity contribution is 1.33. The van der Waals surface area contributed by atoms with Gasteiger partial charge in [-0.1, -0.05) is 127 Å². The maximum atomic E-state index is 7.89. The highest BCUT2D eigenvalue weighted by molar-refractivity contribution is 6.23. The van der Waals surface area contributed by atoms with Crippen LogP contribution in [0.3, 0.4) is 0 Å². The van der Waals surface area contributed by atoms with Crippen molar-refractivity contribution in [1.82, 2.24) is 4.98 Å². The highest BCUT2D eigenvalue weighted by Crippen LogP contribution is 2.46. The first-order valence-corrected chi connectivity index (χ1v) is 16.1. The zero-order valence-electron chi connectivity index (χ0n) is 26.1. The topological polar surface area (TPSA) is 17.2 Å². The average Bonchev–Trinajstić information content (AvgIpc) is 3.16. The standard InChI is InChI=1S/C46H28N2/c1-47-39-20-22-41-43(29-39)46(38-18-16-32-12-6-8-14-34(32)26-38)40-21-19-36(44-28-35(23-24-48-44)30-9-3-2-4-10-30)27-42(40)45(41)37-17-15-31-11-5-7-13-33(31)25-37/h2-29H. The van der Waals surface area contributed by atoms with Crippen molar-refractivity contribution in [1.29, 1.82) is 0 Å². The normalized spacial score (nSPS) is 11.3. The molecule has 0 radical (unpaired) electrons. The van der Waals surface area contributed by atoms with E-state index < -0.39 is 0 Å². The van der Waals surface area contributed by atoms with Crippen molar-refractivity contribution in [2.45, 2.75) is 0 Å². The first-order valence-electron chi connectivity index (χ1n) is 16.1. The molecule has 8 aromatic carbocycles. The van der Waals surface area contributed by atoms with Crippen molar-refractivity contribution < 1.29 is 0 Å². The van der Waals surface area contributed by atoms with Crippen molar-refractivity contribution in [3.05, 3.63) is 181 Å². The summed E-state index contributed by atoms with van der Waals surface area (Å²) in [5.74, 6) is 0. The van der Waals surface area contributed by atoms with Crippen molar-refractivity contribution in [3.63, 3.8) is 0 Å². The fraction of sp³-hybridized carbons (Fsp3) is 0. The summed E-state index contributed by atoms with van der Waals surface area (Å²) in [6.45, 7) is 7.89. The molecule has 48 heavy (non-hydrogen) atoms. The van der Waals surface area contributed by atoms with Gasteiger partial charge < -0.3 is 0 Å². The maximum absolute atomic E-state index is 7.89. The molecule has 0 atom stereocenters. The Morgan fingerprint density at radius 3 is 1.58 bits per heavy atom. The van der Waals surface area contributed by atoms with Crippen LogP contribution in [0.25, 0.3) is 92.6 Å². The second-order valence-corrected chi connectivity index (χ2v) is 12.3. The number of hydrogen-bond acceptors (Lipinski definition) is 1. The summed E-state index contributed by atoms with van der Waals surface area (Å²) in [5, 5.41) is 9.29. The molecule has 0 aliphatic carbocycles. The molecule has 9 rings (SSSR count). The van der Waals surface area contributed by atoms with Crippen molar-refractivity contribution in [2.24, 2.45) is 0 Å². The summed E-state index contributed by atoms with van der Waals surface area (Å²) in [5.41, 5.74) is 9.50. The second-order valence-electron chi connectivity index (χ2n) is 12.3.